The van der Waals surface area contributed by atoms with Crippen molar-refractivity contribution in [2.24, 2.45) is 5.92 Å². The molecule has 0 aliphatic carbocycles. The van der Waals surface area contributed by atoms with Gasteiger partial charge in [-0.2, -0.15) is 0 Å². The topological polar surface area (TPSA) is 30.5 Å². The Kier molecular flexibility index (Phi) is 5.02. The van der Waals surface area contributed by atoms with Gasteiger partial charge in [0, 0.05) is 18.6 Å². The van der Waals surface area contributed by atoms with Gasteiger partial charge in [0.25, 0.3) is 0 Å². The number of hydrogen-bond acceptors (Lipinski definition) is 3. The molecule has 18 heavy (non-hydrogen) atoms. The lowest BCUT2D eigenvalue weighted by atomic mass is 9.89. The Morgan fingerprint density at radius 1 is 1.33 bits per heavy atom. The molecule has 0 spiro atoms. The maximum Gasteiger partial charge on any atom is 0.118 e. The van der Waals surface area contributed by atoms with E-state index < -0.39 is 0 Å². The SMILES string of the molecule is CCN[C@@H]1CCOC[C@@H]1Cc1ccc(OC)cc1. The Bertz CT molecular complexity index is 348. The second kappa shape index (κ2) is 6.76. The highest BCUT2D eigenvalue weighted by Gasteiger charge is 2.24. The second-order valence-corrected chi connectivity index (χ2v) is 4.84. The van der Waals surface area contributed by atoms with Crippen LogP contribution in [0.3, 0.4) is 0 Å². The normalized spacial score (nSPS) is 23.9. The van der Waals surface area contributed by atoms with Gasteiger partial charge in [0.1, 0.15) is 5.75 Å². The highest BCUT2D eigenvalue weighted by Crippen LogP contribution is 2.21. The number of hydrogen-bond donors (Lipinski definition) is 1. The third kappa shape index (κ3) is 3.47. The number of methoxy groups -OCH3 is 1. The largest absolute Gasteiger partial charge is 0.497 e. The van der Waals surface area contributed by atoms with Crippen LogP contribution in [-0.4, -0.2) is 32.9 Å². The van der Waals surface area contributed by atoms with Crippen molar-refractivity contribution in [3.8, 4) is 5.75 Å². The quantitative estimate of drug-likeness (QED) is 0.868. The van der Waals surface area contributed by atoms with Gasteiger partial charge in [-0.25, -0.2) is 0 Å². The van der Waals surface area contributed by atoms with Crippen LogP contribution in [0.5, 0.6) is 5.75 Å². The van der Waals surface area contributed by atoms with Crippen molar-refractivity contribution in [3.63, 3.8) is 0 Å². The van der Waals surface area contributed by atoms with Crippen LogP contribution in [0.1, 0.15) is 18.9 Å². The third-order valence-electron chi connectivity index (χ3n) is 3.60. The van der Waals surface area contributed by atoms with Crippen LogP contribution in [0.4, 0.5) is 0 Å². The molecule has 0 amide bonds. The van der Waals surface area contributed by atoms with E-state index in [-0.39, 0.29) is 0 Å². The van der Waals surface area contributed by atoms with E-state index in [4.69, 9.17) is 9.47 Å². The average Bonchev–Trinajstić information content (AvgIpc) is 2.42. The summed E-state index contributed by atoms with van der Waals surface area (Å²) >= 11 is 0. The molecule has 0 saturated carbocycles. The fourth-order valence-electron chi connectivity index (χ4n) is 2.59. The van der Waals surface area contributed by atoms with Crippen molar-refractivity contribution in [3.05, 3.63) is 29.8 Å². The fraction of sp³-hybridized carbons (Fsp3) is 0.600. The molecule has 2 rings (SSSR count). The van der Waals surface area contributed by atoms with Crippen molar-refractivity contribution in [2.75, 3.05) is 26.9 Å². The zero-order valence-electron chi connectivity index (χ0n) is 11.3. The van der Waals surface area contributed by atoms with E-state index >= 15 is 0 Å². The van der Waals surface area contributed by atoms with Gasteiger partial charge >= 0.3 is 0 Å². The minimum atomic E-state index is 0.576. The predicted octanol–water partition coefficient (Wildman–Crippen LogP) is 2.25. The highest BCUT2D eigenvalue weighted by molar-refractivity contribution is 5.27. The Morgan fingerprint density at radius 3 is 2.78 bits per heavy atom. The van der Waals surface area contributed by atoms with Crippen molar-refractivity contribution in [2.45, 2.75) is 25.8 Å². The van der Waals surface area contributed by atoms with E-state index in [0.29, 0.717) is 12.0 Å². The van der Waals surface area contributed by atoms with E-state index in [1.54, 1.807) is 7.11 Å². The van der Waals surface area contributed by atoms with E-state index in [2.05, 4.69) is 24.4 Å². The Balaban J connectivity index is 1.96. The van der Waals surface area contributed by atoms with Crippen LogP contribution in [0, 0.1) is 5.92 Å². The van der Waals surface area contributed by atoms with Crippen LogP contribution >= 0.6 is 0 Å². The summed E-state index contributed by atoms with van der Waals surface area (Å²) in [6.07, 6.45) is 2.19. The third-order valence-corrected chi connectivity index (χ3v) is 3.60. The van der Waals surface area contributed by atoms with E-state index in [0.717, 1.165) is 38.3 Å². The van der Waals surface area contributed by atoms with Crippen molar-refractivity contribution < 1.29 is 9.47 Å². The first-order chi connectivity index (χ1) is 8.83. The molecular formula is C15H23NO2. The first-order valence-electron chi connectivity index (χ1n) is 6.77. The lowest BCUT2D eigenvalue weighted by Crippen LogP contribution is -2.43. The number of benzene rings is 1. The number of nitrogens with one attached hydrogen (secondary N) is 1. The molecule has 100 valence electrons. The minimum absolute atomic E-state index is 0.576. The molecule has 0 aromatic heterocycles. The Labute approximate surface area is 109 Å². The molecule has 1 saturated heterocycles. The van der Waals surface area contributed by atoms with Crippen LogP contribution < -0.4 is 10.1 Å². The maximum absolute atomic E-state index is 5.61. The van der Waals surface area contributed by atoms with Gasteiger partial charge in [-0.15, -0.1) is 0 Å². The molecule has 1 heterocycles. The van der Waals surface area contributed by atoms with Crippen LogP contribution in [0.25, 0.3) is 0 Å². The lowest BCUT2D eigenvalue weighted by Gasteiger charge is -2.32. The molecular weight excluding hydrogens is 226 g/mol. The number of rotatable bonds is 5. The zero-order chi connectivity index (χ0) is 12.8. The molecule has 2 atom stereocenters. The molecule has 1 aliphatic heterocycles. The molecule has 1 aliphatic rings. The molecule has 1 fully saturated rings. The summed E-state index contributed by atoms with van der Waals surface area (Å²) in [6, 6.07) is 8.95. The van der Waals surface area contributed by atoms with E-state index in [9.17, 15) is 0 Å². The zero-order valence-corrected chi connectivity index (χ0v) is 11.3. The van der Waals surface area contributed by atoms with Crippen molar-refractivity contribution in [1.29, 1.82) is 0 Å². The minimum Gasteiger partial charge on any atom is -0.497 e. The van der Waals surface area contributed by atoms with E-state index in [1.165, 1.54) is 5.56 Å². The molecule has 3 heteroatoms. The summed E-state index contributed by atoms with van der Waals surface area (Å²) in [7, 11) is 1.70. The maximum atomic E-state index is 5.61. The van der Waals surface area contributed by atoms with Crippen LogP contribution in [0.2, 0.25) is 0 Å². The molecule has 1 aromatic carbocycles. The van der Waals surface area contributed by atoms with Gasteiger partial charge in [0.15, 0.2) is 0 Å². The van der Waals surface area contributed by atoms with Gasteiger partial charge < -0.3 is 14.8 Å². The Morgan fingerprint density at radius 2 is 2.11 bits per heavy atom. The van der Waals surface area contributed by atoms with Gasteiger partial charge in [-0.05, 0) is 37.1 Å². The summed E-state index contributed by atoms with van der Waals surface area (Å²) in [6.45, 7) is 4.95. The van der Waals surface area contributed by atoms with Gasteiger partial charge in [-0.3, -0.25) is 0 Å². The van der Waals surface area contributed by atoms with Gasteiger partial charge in [0.05, 0.1) is 13.7 Å². The first kappa shape index (κ1) is 13.4. The Hall–Kier alpha value is -1.06. The average molecular weight is 249 g/mol. The molecule has 1 N–H and O–H groups in total. The molecule has 0 bridgehead atoms. The number of ether oxygens (including phenoxy) is 2. The molecule has 0 radical (unpaired) electrons. The summed E-state index contributed by atoms with van der Waals surface area (Å²) < 4.78 is 10.8. The summed E-state index contributed by atoms with van der Waals surface area (Å²) in [5.41, 5.74) is 1.36. The predicted molar refractivity (Wildman–Crippen MR) is 73.1 cm³/mol. The first-order valence-corrected chi connectivity index (χ1v) is 6.77. The lowest BCUT2D eigenvalue weighted by molar-refractivity contribution is 0.0327. The van der Waals surface area contributed by atoms with Crippen LogP contribution in [-0.2, 0) is 11.2 Å². The highest BCUT2D eigenvalue weighted by atomic mass is 16.5. The summed E-state index contributed by atoms with van der Waals surface area (Å²) in [5.74, 6) is 1.49. The monoisotopic (exact) mass is 249 g/mol. The molecule has 1 aromatic rings. The fourth-order valence-corrected chi connectivity index (χ4v) is 2.59. The summed E-state index contributed by atoms with van der Waals surface area (Å²) in [4.78, 5) is 0. The van der Waals surface area contributed by atoms with Gasteiger partial charge in [0.2, 0.25) is 0 Å². The van der Waals surface area contributed by atoms with Gasteiger partial charge in [-0.1, -0.05) is 19.1 Å². The smallest absolute Gasteiger partial charge is 0.118 e. The summed E-state index contributed by atoms with van der Waals surface area (Å²) in [5, 5.41) is 3.57. The van der Waals surface area contributed by atoms with Crippen LogP contribution in [0.15, 0.2) is 24.3 Å². The van der Waals surface area contributed by atoms with Crippen molar-refractivity contribution in [1.82, 2.24) is 5.32 Å². The molecule has 0 unspecified atom stereocenters. The second-order valence-electron chi connectivity index (χ2n) is 4.84. The standard InChI is InChI=1S/C15H23NO2/c1-3-16-15-8-9-18-11-13(15)10-12-4-6-14(17-2)7-5-12/h4-7,13,15-16H,3,8-11H2,1-2H3/t13-,15+/m0/s1. The van der Waals surface area contributed by atoms with Crippen molar-refractivity contribution >= 4 is 0 Å². The molecule has 3 nitrogen and oxygen atoms in total. The van der Waals surface area contributed by atoms with E-state index in [1.807, 2.05) is 12.1 Å².